The third-order valence-corrected chi connectivity index (χ3v) is 3.35. The fourth-order valence-electron chi connectivity index (χ4n) is 2.28. The van der Waals surface area contributed by atoms with Gasteiger partial charge in [-0.15, -0.1) is 0 Å². The minimum atomic E-state index is -4.30. The van der Waals surface area contributed by atoms with E-state index in [9.17, 15) is 13.2 Å². The second kappa shape index (κ2) is 4.55. The molecular weight excluding hydrogens is 243 g/mol. The molecule has 5 heteroatoms. The molecule has 0 saturated carbocycles. The third kappa shape index (κ3) is 2.37. The van der Waals surface area contributed by atoms with E-state index in [1.54, 1.807) is 4.90 Å². The van der Waals surface area contributed by atoms with Crippen LogP contribution in [0.5, 0.6) is 0 Å². The molecule has 0 N–H and O–H groups in total. The van der Waals surface area contributed by atoms with Crippen molar-refractivity contribution in [2.45, 2.75) is 25.2 Å². The summed E-state index contributed by atoms with van der Waals surface area (Å²) in [4.78, 5) is 1.74. The van der Waals surface area contributed by atoms with Crippen LogP contribution >= 0.6 is 0 Å². The zero-order valence-corrected chi connectivity index (χ0v) is 10.4. The summed E-state index contributed by atoms with van der Waals surface area (Å²) in [5.41, 5.74) is 0.167. The highest BCUT2D eigenvalue weighted by Crippen LogP contribution is 2.40. The van der Waals surface area contributed by atoms with Gasteiger partial charge in [0.1, 0.15) is 0 Å². The quantitative estimate of drug-likeness (QED) is 0.827. The lowest BCUT2D eigenvalue weighted by Crippen LogP contribution is -2.69. The van der Waals surface area contributed by atoms with E-state index >= 15 is 0 Å². The summed E-state index contributed by atoms with van der Waals surface area (Å²) in [7, 11) is 1.12. The lowest BCUT2D eigenvalue weighted by Gasteiger charge is -2.49. The van der Waals surface area contributed by atoms with Crippen molar-refractivity contribution in [3.8, 4) is 0 Å². The van der Waals surface area contributed by atoms with Crippen LogP contribution in [0.4, 0.5) is 13.2 Å². The Hall–Kier alpha value is -1.07. The van der Waals surface area contributed by atoms with Gasteiger partial charge >= 0.3 is 6.18 Å². The van der Waals surface area contributed by atoms with Crippen LogP contribution in [0, 0.1) is 6.92 Å². The first kappa shape index (κ1) is 13.4. The van der Waals surface area contributed by atoms with Gasteiger partial charge in [0, 0.05) is 26.7 Å². The minimum absolute atomic E-state index is 0.0963. The van der Waals surface area contributed by atoms with Crippen LogP contribution in [0.25, 0.3) is 0 Å². The zero-order chi connectivity index (χ0) is 13.4. The molecule has 0 amide bonds. The molecule has 100 valence electrons. The molecule has 0 unspecified atom stereocenters. The minimum Gasteiger partial charge on any atom is -0.366 e. The summed E-state index contributed by atoms with van der Waals surface area (Å²) in [6.45, 7) is 2.31. The molecule has 1 aromatic rings. The topological polar surface area (TPSA) is 12.5 Å². The number of alkyl halides is 3. The van der Waals surface area contributed by atoms with E-state index < -0.39 is 11.8 Å². The molecule has 2 nitrogen and oxygen atoms in total. The van der Waals surface area contributed by atoms with Gasteiger partial charge in [0.2, 0.25) is 0 Å². The molecule has 1 aliphatic rings. The smallest absolute Gasteiger partial charge is 0.366 e. The monoisotopic (exact) mass is 259 g/mol. The second-order valence-corrected chi connectivity index (χ2v) is 4.83. The van der Waals surface area contributed by atoms with Gasteiger partial charge in [-0.2, -0.15) is 13.2 Å². The molecule has 0 bridgehead atoms. The standard InChI is InChI=1S/C13H16F3NO/c1-10-4-3-5-11(6-10)7-17-8-12(9-17,18-2)13(14,15)16/h3-6H,7-9H2,1-2H3. The number of halogens is 3. The van der Waals surface area contributed by atoms with E-state index in [1.165, 1.54) is 0 Å². The first-order valence-electron chi connectivity index (χ1n) is 5.76. The average Bonchev–Trinajstić information content (AvgIpc) is 2.21. The molecule has 2 rings (SSSR count). The Morgan fingerprint density at radius 1 is 1.33 bits per heavy atom. The summed E-state index contributed by atoms with van der Waals surface area (Å²) in [6.07, 6.45) is -4.30. The summed E-state index contributed by atoms with van der Waals surface area (Å²) in [6, 6.07) is 7.79. The number of benzene rings is 1. The molecule has 0 radical (unpaired) electrons. The summed E-state index contributed by atoms with van der Waals surface area (Å²) in [5, 5.41) is 0. The third-order valence-electron chi connectivity index (χ3n) is 3.35. The van der Waals surface area contributed by atoms with Crippen LogP contribution < -0.4 is 0 Å². The Bertz CT molecular complexity index is 424. The molecule has 0 aromatic heterocycles. The van der Waals surface area contributed by atoms with Gasteiger partial charge in [0.25, 0.3) is 0 Å². The number of nitrogens with zero attached hydrogens (tertiary/aromatic N) is 1. The molecule has 1 fully saturated rings. The molecule has 0 spiro atoms. The van der Waals surface area contributed by atoms with Crippen LogP contribution in [-0.4, -0.2) is 36.9 Å². The Balaban J connectivity index is 1.97. The normalized spacial score (nSPS) is 19.6. The number of aryl methyl sites for hydroxylation is 1. The maximum atomic E-state index is 12.8. The highest BCUT2D eigenvalue weighted by molar-refractivity contribution is 5.22. The van der Waals surface area contributed by atoms with Gasteiger partial charge in [0.15, 0.2) is 5.60 Å². The first-order valence-corrected chi connectivity index (χ1v) is 5.76. The van der Waals surface area contributed by atoms with Crippen molar-refractivity contribution in [2.75, 3.05) is 20.2 Å². The van der Waals surface area contributed by atoms with Crippen molar-refractivity contribution in [1.82, 2.24) is 4.90 Å². The number of hydrogen-bond acceptors (Lipinski definition) is 2. The van der Waals surface area contributed by atoms with Gasteiger partial charge in [-0.1, -0.05) is 29.8 Å². The Kier molecular flexibility index (Phi) is 3.38. The SMILES string of the molecule is COC1(C(F)(F)F)CN(Cc2cccc(C)c2)C1. The van der Waals surface area contributed by atoms with Gasteiger partial charge < -0.3 is 4.74 Å². The van der Waals surface area contributed by atoms with E-state index in [-0.39, 0.29) is 13.1 Å². The van der Waals surface area contributed by atoms with Gasteiger partial charge in [-0.05, 0) is 12.5 Å². The number of methoxy groups -OCH3 is 1. The zero-order valence-electron chi connectivity index (χ0n) is 10.4. The largest absolute Gasteiger partial charge is 0.419 e. The van der Waals surface area contributed by atoms with Gasteiger partial charge in [-0.3, -0.25) is 4.90 Å². The number of rotatable bonds is 3. The summed E-state index contributed by atoms with van der Waals surface area (Å²) < 4.78 is 43.0. The molecule has 18 heavy (non-hydrogen) atoms. The van der Waals surface area contributed by atoms with Crippen molar-refractivity contribution in [3.05, 3.63) is 35.4 Å². The number of hydrogen-bond donors (Lipinski definition) is 0. The van der Waals surface area contributed by atoms with Crippen LogP contribution in [0.3, 0.4) is 0 Å². The van der Waals surface area contributed by atoms with Crippen molar-refractivity contribution < 1.29 is 17.9 Å². The highest BCUT2D eigenvalue weighted by atomic mass is 19.4. The lowest BCUT2D eigenvalue weighted by molar-refractivity contribution is -0.312. The Morgan fingerprint density at radius 3 is 2.50 bits per heavy atom. The molecular formula is C13H16F3NO. The first-order chi connectivity index (χ1) is 8.36. The average molecular weight is 259 g/mol. The van der Waals surface area contributed by atoms with Crippen LogP contribution in [0.2, 0.25) is 0 Å². The van der Waals surface area contributed by atoms with E-state index in [0.717, 1.165) is 18.2 Å². The summed E-state index contributed by atoms with van der Waals surface area (Å²) >= 11 is 0. The van der Waals surface area contributed by atoms with E-state index in [2.05, 4.69) is 4.74 Å². The van der Waals surface area contributed by atoms with Crippen LogP contribution in [0.15, 0.2) is 24.3 Å². The molecule has 0 atom stereocenters. The van der Waals surface area contributed by atoms with Gasteiger partial charge in [-0.25, -0.2) is 0 Å². The van der Waals surface area contributed by atoms with Crippen molar-refractivity contribution in [1.29, 1.82) is 0 Å². The number of ether oxygens (including phenoxy) is 1. The van der Waals surface area contributed by atoms with Crippen molar-refractivity contribution in [3.63, 3.8) is 0 Å². The molecule has 1 aromatic carbocycles. The van der Waals surface area contributed by atoms with E-state index in [1.807, 2.05) is 31.2 Å². The lowest BCUT2D eigenvalue weighted by atomic mass is 9.92. The van der Waals surface area contributed by atoms with Crippen LogP contribution in [-0.2, 0) is 11.3 Å². The second-order valence-electron chi connectivity index (χ2n) is 4.83. The summed E-state index contributed by atoms with van der Waals surface area (Å²) in [5.74, 6) is 0. The predicted molar refractivity (Wildman–Crippen MR) is 62.3 cm³/mol. The molecule has 1 saturated heterocycles. The van der Waals surface area contributed by atoms with Gasteiger partial charge in [0.05, 0.1) is 0 Å². The fraction of sp³-hybridized carbons (Fsp3) is 0.538. The van der Waals surface area contributed by atoms with Crippen molar-refractivity contribution >= 4 is 0 Å². The molecule has 0 aliphatic carbocycles. The maximum Gasteiger partial charge on any atom is 0.419 e. The number of likely N-dealkylation sites (tertiary alicyclic amines) is 1. The Labute approximate surface area is 104 Å². The van der Waals surface area contributed by atoms with E-state index in [0.29, 0.717) is 6.54 Å². The van der Waals surface area contributed by atoms with E-state index in [4.69, 9.17) is 0 Å². The molecule has 1 aliphatic heterocycles. The fourth-order valence-corrected chi connectivity index (χ4v) is 2.28. The van der Waals surface area contributed by atoms with Crippen molar-refractivity contribution in [2.24, 2.45) is 0 Å². The Morgan fingerprint density at radius 2 is 2.00 bits per heavy atom. The maximum absolute atomic E-state index is 12.8. The highest BCUT2D eigenvalue weighted by Gasteiger charge is 2.62. The predicted octanol–water partition coefficient (Wildman–Crippen LogP) is 2.76. The van der Waals surface area contributed by atoms with Crippen LogP contribution in [0.1, 0.15) is 11.1 Å². The molecule has 1 heterocycles.